The van der Waals surface area contributed by atoms with E-state index in [1.165, 1.54) is 13.3 Å². The molecule has 0 unspecified atom stereocenters. The van der Waals surface area contributed by atoms with Crippen molar-refractivity contribution in [2.24, 2.45) is 5.73 Å². The number of hydrogen-bond acceptors (Lipinski definition) is 7. The number of nitrogens with one attached hydrogen (secondary N) is 1. The fourth-order valence-electron chi connectivity index (χ4n) is 4.91. The smallest absolute Gasteiger partial charge is 0.341 e. The Morgan fingerprint density at radius 1 is 1.34 bits per heavy atom. The van der Waals surface area contributed by atoms with Crippen LogP contribution in [0.1, 0.15) is 42.1 Å². The van der Waals surface area contributed by atoms with Crippen molar-refractivity contribution in [3.63, 3.8) is 0 Å². The lowest BCUT2D eigenvalue weighted by atomic mass is 10.0. The normalized spacial score (nSPS) is 18.0. The summed E-state index contributed by atoms with van der Waals surface area (Å²) in [6.07, 6.45) is 3.84. The van der Waals surface area contributed by atoms with Gasteiger partial charge in [-0.3, -0.25) is 9.59 Å². The number of rotatable bonds is 9. The standard InChI is InChI=1S/C26H33F2N5O5/c1-31(2)13-20(29)25(35)30-10-19(28)14-5-4-8-32(11-14)22-18(27)9-16-21(24(22)38-3)33(15-6-7-15)12-17(23(16)34)26(36)37/h9,12,15,20H,4-8,10-11,13,29H2,1-3H3,(H,30,35)(H,36,37)/b19-14+/t20-/m0/s1. The summed E-state index contributed by atoms with van der Waals surface area (Å²) in [5, 5.41) is 12.0. The molecule has 4 N–H and O–H groups in total. The minimum atomic E-state index is -1.38. The number of halogens is 2. The molecule has 1 aliphatic carbocycles. The number of nitrogens with two attached hydrogens (primary N) is 1. The van der Waals surface area contributed by atoms with Crippen LogP contribution in [-0.2, 0) is 4.79 Å². The number of ether oxygens (including phenoxy) is 1. The van der Waals surface area contributed by atoms with Gasteiger partial charge in [0, 0.05) is 31.9 Å². The second kappa shape index (κ2) is 11.1. The number of aromatic nitrogens is 1. The fourth-order valence-corrected chi connectivity index (χ4v) is 4.91. The highest BCUT2D eigenvalue weighted by atomic mass is 19.1. The van der Waals surface area contributed by atoms with E-state index in [0.717, 1.165) is 18.9 Å². The van der Waals surface area contributed by atoms with Gasteiger partial charge < -0.3 is 35.3 Å². The number of benzene rings is 1. The summed E-state index contributed by atoms with van der Waals surface area (Å²) in [6.45, 7) is 0.472. The average molecular weight is 534 g/mol. The van der Waals surface area contributed by atoms with Crippen LogP contribution in [0.5, 0.6) is 5.75 Å². The monoisotopic (exact) mass is 533 g/mol. The third-order valence-electron chi connectivity index (χ3n) is 6.88. The van der Waals surface area contributed by atoms with Crippen molar-refractivity contribution < 1.29 is 28.2 Å². The molecule has 12 heteroatoms. The van der Waals surface area contributed by atoms with Crippen molar-refractivity contribution in [3.05, 3.63) is 45.3 Å². The molecular formula is C26H33F2N5O5. The Morgan fingerprint density at radius 3 is 2.66 bits per heavy atom. The van der Waals surface area contributed by atoms with Crippen molar-refractivity contribution in [2.75, 3.05) is 52.3 Å². The maximum atomic E-state index is 15.6. The minimum Gasteiger partial charge on any atom is -0.492 e. The first-order valence-corrected chi connectivity index (χ1v) is 12.5. The minimum absolute atomic E-state index is 0.0276. The van der Waals surface area contributed by atoms with Crippen molar-refractivity contribution in [1.82, 2.24) is 14.8 Å². The molecule has 1 amide bonds. The summed E-state index contributed by atoms with van der Waals surface area (Å²) in [5.74, 6) is -3.03. The Labute approximate surface area is 218 Å². The lowest BCUT2D eigenvalue weighted by Gasteiger charge is -2.33. The van der Waals surface area contributed by atoms with Crippen LogP contribution in [0.3, 0.4) is 0 Å². The quantitative estimate of drug-likeness (QED) is 0.446. The van der Waals surface area contributed by atoms with E-state index in [4.69, 9.17) is 10.5 Å². The van der Waals surface area contributed by atoms with Gasteiger partial charge in [0.2, 0.25) is 11.3 Å². The van der Waals surface area contributed by atoms with Gasteiger partial charge in [0.05, 0.1) is 30.6 Å². The van der Waals surface area contributed by atoms with Crippen LogP contribution < -0.4 is 26.1 Å². The maximum Gasteiger partial charge on any atom is 0.341 e. The van der Waals surface area contributed by atoms with E-state index in [1.54, 1.807) is 28.5 Å². The molecule has 4 rings (SSSR count). The Balaban J connectivity index is 1.68. The number of methoxy groups -OCH3 is 1. The molecular weight excluding hydrogens is 500 g/mol. The number of nitrogens with zero attached hydrogens (tertiary/aromatic N) is 3. The summed E-state index contributed by atoms with van der Waals surface area (Å²) in [5.41, 5.74) is 5.43. The van der Waals surface area contributed by atoms with Crippen LogP contribution in [0.2, 0.25) is 0 Å². The summed E-state index contributed by atoms with van der Waals surface area (Å²) < 4.78 is 38.0. The molecule has 0 bridgehead atoms. The third kappa shape index (κ3) is 5.51. The van der Waals surface area contributed by atoms with Crippen LogP contribution in [0.4, 0.5) is 14.5 Å². The van der Waals surface area contributed by atoms with E-state index in [1.807, 2.05) is 0 Å². The molecule has 1 aromatic heterocycles. The number of amides is 1. The number of carboxylic acids is 1. The van der Waals surface area contributed by atoms with Gasteiger partial charge in [0.15, 0.2) is 11.6 Å². The van der Waals surface area contributed by atoms with Crippen LogP contribution in [-0.4, -0.2) is 79.9 Å². The Hall–Kier alpha value is -3.51. The summed E-state index contributed by atoms with van der Waals surface area (Å²) >= 11 is 0. The van der Waals surface area contributed by atoms with Crippen LogP contribution in [0.15, 0.2) is 28.5 Å². The maximum absolute atomic E-state index is 15.6. The zero-order valence-corrected chi connectivity index (χ0v) is 21.7. The Bertz CT molecular complexity index is 1350. The molecule has 1 saturated heterocycles. The van der Waals surface area contributed by atoms with Crippen LogP contribution >= 0.6 is 0 Å². The lowest BCUT2D eigenvalue weighted by molar-refractivity contribution is -0.122. The van der Waals surface area contributed by atoms with Gasteiger partial charge in [-0.1, -0.05) is 0 Å². The average Bonchev–Trinajstić information content (AvgIpc) is 3.71. The highest BCUT2D eigenvalue weighted by Crippen LogP contribution is 2.44. The molecule has 1 atom stereocenters. The Kier molecular flexibility index (Phi) is 8.02. The van der Waals surface area contributed by atoms with Crippen LogP contribution in [0.25, 0.3) is 10.9 Å². The molecule has 10 nitrogen and oxygen atoms in total. The van der Waals surface area contributed by atoms with E-state index in [2.05, 4.69) is 5.32 Å². The molecule has 2 fully saturated rings. The third-order valence-corrected chi connectivity index (χ3v) is 6.88. The van der Waals surface area contributed by atoms with Gasteiger partial charge in [-0.2, -0.15) is 0 Å². The summed E-state index contributed by atoms with van der Waals surface area (Å²) in [4.78, 5) is 40.2. The Morgan fingerprint density at radius 2 is 2.05 bits per heavy atom. The highest BCUT2D eigenvalue weighted by Gasteiger charge is 2.32. The highest BCUT2D eigenvalue weighted by molar-refractivity contribution is 5.97. The van der Waals surface area contributed by atoms with Crippen molar-refractivity contribution in [2.45, 2.75) is 37.8 Å². The van der Waals surface area contributed by atoms with Crippen molar-refractivity contribution in [1.29, 1.82) is 0 Å². The second-order valence-electron chi connectivity index (χ2n) is 10.1. The summed E-state index contributed by atoms with van der Waals surface area (Å²) in [7, 11) is 4.92. The summed E-state index contributed by atoms with van der Waals surface area (Å²) in [6, 6.07) is 0.217. The number of likely N-dealkylation sites (N-methyl/N-ethyl adjacent to an activating group) is 1. The predicted molar refractivity (Wildman–Crippen MR) is 139 cm³/mol. The first-order chi connectivity index (χ1) is 18.0. The molecule has 1 aromatic carbocycles. The number of hydrogen-bond donors (Lipinski definition) is 3. The predicted octanol–water partition coefficient (Wildman–Crippen LogP) is 2.01. The number of anilines is 1. The molecule has 0 radical (unpaired) electrons. The number of pyridine rings is 1. The van der Waals surface area contributed by atoms with E-state index >= 15 is 8.78 Å². The fraction of sp³-hybridized carbons (Fsp3) is 0.500. The lowest BCUT2D eigenvalue weighted by Crippen LogP contribution is -2.47. The van der Waals surface area contributed by atoms with Gasteiger partial charge in [0.25, 0.3) is 0 Å². The number of aromatic carboxylic acids is 1. The number of piperidine rings is 1. The van der Waals surface area contributed by atoms with Crippen LogP contribution in [0, 0.1) is 5.82 Å². The van der Waals surface area contributed by atoms with E-state index in [9.17, 15) is 19.5 Å². The van der Waals surface area contributed by atoms with E-state index in [0.29, 0.717) is 37.0 Å². The van der Waals surface area contributed by atoms with E-state index in [-0.39, 0.29) is 36.0 Å². The number of carbonyl (C=O) groups excluding carboxylic acids is 1. The molecule has 2 aromatic rings. The van der Waals surface area contributed by atoms with Crippen molar-refractivity contribution in [3.8, 4) is 5.75 Å². The number of fused-ring (bicyclic) bond motifs is 1. The van der Waals surface area contributed by atoms with Gasteiger partial charge in [-0.25, -0.2) is 13.6 Å². The van der Waals surface area contributed by atoms with Gasteiger partial charge in [-0.05, 0) is 51.4 Å². The largest absolute Gasteiger partial charge is 0.492 e. The molecule has 206 valence electrons. The molecule has 2 heterocycles. The first kappa shape index (κ1) is 27.5. The SMILES string of the molecule is COc1c(N2CCC/C(=C(\F)CNC(=O)[C@@H](N)CN(C)C)C2)c(F)cc2c(=O)c(C(=O)O)cn(C3CC3)c12. The van der Waals surface area contributed by atoms with Crippen molar-refractivity contribution >= 4 is 28.5 Å². The molecule has 1 saturated carbocycles. The number of carboxylic acid groups (broad SMARTS) is 1. The molecule has 2 aliphatic rings. The molecule has 0 spiro atoms. The first-order valence-electron chi connectivity index (χ1n) is 12.5. The topological polar surface area (TPSA) is 130 Å². The van der Waals surface area contributed by atoms with Gasteiger partial charge >= 0.3 is 5.97 Å². The van der Waals surface area contributed by atoms with Gasteiger partial charge in [-0.15, -0.1) is 0 Å². The zero-order chi connectivity index (χ0) is 27.7. The van der Waals surface area contributed by atoms with Gasteiger partial charge in [0.1, 0.15) is 17.1 Å². The second-order valence-corrected chi connectivity index (χ2v) is 10.1. The molecule has 1 aliphatic heterocycles. The zero-order valence-electron chi connectivity index (χ0n) is 21.7. The number of carbonyl (C=O) groups is 2. The van der Waals surface area contributed by atoms with E-state index < -0.39 is 40.6 Å². The molecule has 38 heavy (non-hydrogen) atoms.